The highest BCUT2D eigenvalue weighted by Gasteiger charge is 2.16. The number of aromatic nitrogens is 1. The Morgan fingerprint density at radius 1 is 1.30 bits per heavy atom. The molecule has 2 rings (SSSR count). The number of carbonyl (C=O) groups excluding carboxylic acids is 1. The van der Waals surface area contributed by atoms with Crippen molar-refractivity contribution in [2.24, 2.45) is 0 Å². The van der Waals surface area contributed by atoms with Crippen LogP contribution in [0, 0.1) is 0 Å². The molecule has 0 aliphatic carbocycles. The number of anilines is 2. The Morgan fingerprint density at radius 3 is 2.75 bits per heavy atom. The van der Waals surface area contributed by atoms with Gasteiger partial charge in [-0.05, 0) is 50.4 Å². The molecule has 0 atom stereocenters. The summed E-state index contributed by atoms with van der Waals surface area (Å²) in [4.78, 5) is 15.8. The molecular weight excluding hydrogens is 256 g/mol. The average Bonchev–Trinajstić information content (AvgIpc) is 2.33. The molecule has 1 amide bonds. The molecule has 0 bridgehead atoms. The molecule has 0 unspecified atom stereocenters. The standard InChI is InChI=1S/C14H18N4O2/c1-14(2,3)20-13(19)18-17-12-11-5-4-10(15)8-9(11)6-7-16-12/h4-8H,15H2,1-3H3,(H,16,17)(H,18,19). The molecule has 4 N–H and O–H groups in total. The number of fused-ring (bicyclic) bond motifs is 1. The Kier molecular flexibility index (Phi) is 3.65. The maximum absolute atomic E-state index is 11.6. The minimum atomic E-state index is -0.563. The van der Waals surface area contributed by atoms with Crippen LogP contribution in [0.3, 0.4) is 0 Å². The van der Waals surface area contributed by atoms with Crippen LogP contribution < -0.4 is 16.6 Å². The first-order chi connectivity index (χ1) is 9.35. The molecule has 6 nitrogen and oxygen atoms in total. The minimum absolute atomic E-state index is 0.536. The maximum atomic E-state index is 11.6. The van der Waals surface area contributed by atoms with E-state index in [-0.39, 0.29) is 0 Å². The highest BCUT2D eigenvalue weighted by Crippen LogP contribution is 2.22. The van der Waals surface area contributed by atoms with E-state index in [1.807, 2.05) is 18.2 Å². The number of nitrogens with zero attached hydrogens (tertiary/aromatic N) is 1. The zero-order valence-electron chi connectivity index (χ0n) is 11.7. The fourth-order valence-electron chi connectivity index (χ4n) is 1.71. The van der Waals surface area contributed by atoms with E-state index in [4.69, 9.17) is 10.5 Å². The number of nitrogens with one attached hydrogen (secondary N) is 2. The molecule has 6 heteroatoms. The van der Waals surface area contributed by atoms with E-state index < -0.39 is 11.7 Å². The number of amides is 1. The highest BCUT2D eigenvalue weighted by atomic mass is 16.6. The molecule has 0 saturated heterocycles. The van der Waals surface area contributed by atoms with Crippen molar-refractivity contribution in [2.75, 3.05) is 11.2 Å². The van der Waals surface area contributed by atoms with Gasteiger partial charge in [-0.25, -0.2) is 15.2 Å². The number of hydrogen-bond donors (Lipinski definition) is 3. The number of benzene rings is 1. The quantitative estimate of drug-likeness (QED) is 0.578. The summed E-state index contributed by atoms with van der Waals surface area (Å²) < 4.78 is 5.13. The normalized spacial score (nSPS) is 11.2. The Hall–Kier alpha value is -2.50. The van der Waals surface area contributed by atoms with E-state index >= 15 is 0 Å². The fourth-order valence-corrected chi connectivity index (χ4v) is 1.71. The van der Waals surface area contributed by atoms with Crippen LogP contribution in [0.25, 0.3) is 10.8 Å². The monoisotopic (exact) mass is 274 g/mol. The second-order valence-electron chi connectivity index (χ2n) is 5.39. The van der Waals surface area contributed by atoms with Gasteiger partial charge in [-0.3, -0.25) is 5.43 Å². The van der Waals surface area contributed by atoms with Gasteiger partial charge in [0.15, 0.2) is 5.82 Å². The zero-order chi connectivity index (χ0) is 14.8. The molecule has 20 heavy (non-hydrogen) atoms. The third-order valence-corrected chi connectivity index (χ3v) is 2.47. The van der Waals surface area contributed by atoms with Crippen LogP contribution in [-0.2, 0) is 4.74 Å². The molecule has 0 fully saturated rings. The van der Waals surface area contributed by atoms with Gasteiger partial charge in [0.05, 0.1) is 0 Å². The summed E-state index contributed by atoms with van der Waals surface area (Å²) in [6.45, 7) is 5.39. The van der Waals surface area contributed by atoms with Gasteiger partial charge in [0.1, 0.15) is 5.60 Å². The number of nitrogens with two attached hydrogens (primary N) is 1. The molecule has 0 spiro atoms. The van der Waals surface area contributed by atoms with Gasteiger partial charge in [0.25, 0.3) is 0 Å². The van der Waals surface area contributed by atoms with Crippen LogP contribution >= 0.6 is 0 Å². The van der Waals surface area contributed by atoms with E-state index in [1.54, 1.807) is 33.0 Å². The lowest BCUT2D eigenvalue weighted by Crippen LogP contribution is -2.36. The van der Waals surface area contributed by atoms with Crippen molar-refractivity contribution in [1.29, 1.82) is 0 Å². The molecule has 2 aromatic rings. The lowest BCUT2D eigenvalue weighted by atomic mass is 10.1. The summed E-state index contributed by atoms with van der Waals surface area (Å²) in [6.07, 6.45) is 1.08. The number of carbonyl (C=O) groups is 1. The van der Waals surface area contributed by atoms with E-state index in [1.165, 1.54) is 0 Å². The van der Waals surface area contributed by atoms with Crippen molar-refractivity contribution in [3.8, 4) is 0 Å². The Balaban J connectivity index is 2.12. The predicted octanol–water partition coefficient (Wildman–Crippen LogP) is 2.67. The van der Waals surface area contributed by atoms with Crippen molar-refractivity contribution in [1.82, 2.24) is 10.4 Å². The molecule has 106 valence electrons. The van der Waals surface area contributed by atoms with Crippen LogP contribution in [0.2, 0.25) is 0 Å². The van der Waals surface area contributed by atoms with Gasteiger partial charge in [0, 0.05) is 17.3 Å². The van der Waals surface area contributed by atoms with Crippen LogP contribution in [-0.4, -0.2) is 16.7 Å². The van der Waals surface area contributed by atoms with Gasteiger partial charge in [-0.1, -0.05) is 0 Å². The summed E-state index contributed by atoms with van der Waals surface area (Å²) >= 11 is 0. The summed E-state index contributed by atoms with van der Waals surface area (Å²) in [7, 11) is 0. The van der Waals surface area contributed by atoms with Gasteiger partial charge in [-0.15, -0.1) is 0 Å². The molecular formula is C14H18N4O2. The SMILES string of the molecule is CC(C)(C)OC(=O)NNc1nccc2cc(N)ccc12. The molecule has 0 radical (unpaired) electrons. The highest BCUT2D eigenvalue weighted by molar-refractivity contribution is 5.93. The zero-order valence-corrected chi connectivity index (χ0v) is 11.7. The van der Waals surface area contributed by atoms with Crippen molar-refractivity contribution in [3.05, 3.63) is 30.5 Å². The average molecular weight is 274 g/mol. The largest absolute Gasteiger partial charge is 0.443 e. The fraction of sp³-hybridized carbons (Fsp3) is 0.286. The summed E-state index contributed by atoms with van der Waals surface area (Å²) in [5.41, 5.74) is 11.1. The van der Waals surface area contributed by atoms with Crippen molar-refractivity contribution < 1.29 is 9.53 Å². The number of nitrogen functional groups attached to an aromatic ring is 1. The third kappa shape index (κ3) is 3.50. The molecule has 0 aliphatic heterocycles. The van der Waals surface area contributed by atoms with Crippen LogP contribution in [0.15, 0.2) is 30.5 Å². The van der Waals surface area contributed by atoms with Crippen molar-refractivity contribution >= 4 is 28.4 Å². The molecule has 0 saturated carbocycles. The number of rotatable bonds is 2. The third-order valence-electron chi connectivity index (χ3n) is 2.47. The Labute approximate surface area is 117 Å². The molecule has 1 heterocycles. The van der Waals surface area contributed by atoms with E-state index in [2.05, 4.69) is 15.8 Å². The summed E-state index contributed by atoms with van der Waals surface area (Å²) in [5.74, 6) is 0.536. The summed E-state index contributed by atoms with van der Waals surface area (Å²) in [6, 6.07) is 7.32. The van der Waals surface area contributed by atoms with Crippen LogP contribution in [0.4, 0.5) is 16.3 Å². The smallest absolute Gasteiger partial charge is 0.426 e. The molecule has 1 aromatic heterocycles. The van der Waals surface area contributed by atoms with Gasteiger partial charge >= 0.3 is 6.09 Å². The van der Waals surface area contributed by atoms with Crippen molar-refractivity contribution in [3.63, 3.8) is 0 Å². The number of pyridine rings is 1. The maximum Gasteiger partial charge on any atom is 0.426 e. The van der Waals surface area contributed by atoms with Gasteiger partial charge < -0.3 is 10.5 Å². The van der Waals surface area contributed by atoms with E-state index in [0.717, 1.165) is 10.8 Å². The number of ether oxygens (including phenoxy) is 1. The second kappa shape index (κ2) is 5.24. The van der Waals surface area contributed by atoms with Gasteiger partial charge in [-0.2, -0.15) is 0 Å². The topological polar surface area (TPSA) is 89.3 Å². The minimum Gasteiger partial charge on any atom is -0.443 e. The first-order valence-electron chi connectivity index (χ1n) is 6.24. The van der Waals surface area contributed by atoms with Gasteiger partial charge in [0.2, 0.25) is 0 Å². The molecule has 0 aliphatic rings. The Bertz CT molecular complexity index is 635. The number of hydrogen-bond acceptors (Lipinski definition) is 5. The first kappa shape index (κ1) is 13.9. The predicted molar refractivity (Wildman–Crippen MR) is 79.1 cm³/mol. The lowest BCUT2D eigenvalue weighted by molar-refractivity contribution is 0.0541. The summed E-state index contributed by atoms with van der Waals surface area (Å²) in [5, 5.41) is 1.80. The van der Waals surface area contributed by atoms with E-state index in [9.17, 15) is 4.79 Å². The number of hydrazine groups is 1. The second-order valence-corrected chi connectivity index (χ2v) is 5.39. The molecule has 1 aromatic carbocycles. The van der Waals surface area contributed by atoms with Crippen molar-refractivity contribution in [2.45, 2.75) is 26.4 Å². The van der Waals surface area contributed by atoms with E-state index in [0.29, 0.717) is 11.5 Å². The Morgan fingerprint density at radius 2 is 2.05 bits per heavy atom. The lowest BCUT2D eigenvalue weighted by Gasteiger charge is -2.20. The van der Waals surface area contributed by atoms with Crippen LogP contribution in [0.5, 0.6) is 0 Å². The first-order valence-corrected chi connectivity index (χ1v) is 6.24. The van der Waals surface area contributed by atoms with Crippen LogP contribution in [0.1, 0.15) is 20.8 Å².